The van der Waals surface area contributed by atoms with Gasteiger partial charge in [-0.1, -0.05) is 18.2 Å². The zero-order chi connectivity index (χ0) is 20.4. The highest BCUT2D eigenvalue weighted by molar-refractivity contribution is 5.80. The molecular formula is C23H34N6. The first-order chi connectivity index (χ1) is 14.0. The van der Waals surface area contributed by atoms with E-state index in [9.17, 15) is 0 Å². The molecule has 0 radical (unpaired) electrons. The Morgan fingerprint density at radius 3 is 2.83 bits per heavy atom. The molecule has 6 nitrogen and oxygen atoms in total. The second kappa shape index (κ2) is 8.47. The third kappa shape index (κ3) is 4.26. The van der Waals surface area contributed by atoms with Crippen molar-refractivity contribution in [2.75, 3.05) is 25.0 Å². The highest BCUT2D eigenvalue weighted by Gasteiger charge is 2.25. The third-order valence-electron chi connectivity index (χ3n) is 6.21. The summed E-state index contributed by atoms with van der Waals surface area (Å²) in [6.45, 7) is 8.61. The topological polar surface area (TPSA) is 57.5 Å². The number of hydrogen-bond donors (Lipinski definition) is 2. The Balaban J connectivity index is 1.31. The summed E-state index contributed by atoms with van der Waals surface area (Å²) in [5.41, 5.74) is 5.48. The molecule has 2 heterocycles. The number of benzene rings is 1. The monoisotopic (exact) mass is 394 g/mol. The summed E-state index contributed by atoms with van der Waals surface area (Å²) in [6.07, 6.45) is 6.52. The van der Waals surface area contributed by atoms with Crippen LogP contribution >= 0.6 is 0 Å². The van der Waals surface area contributed by atoms with E-state index in [0.717, 1.165) is 44.7 Å². The highest BCUT2D eigenvalue weighted by Crippen LogP contribution is 2.29. The van der Waals surface area contributed by atoms with Crippen LogP contribution in [0.25, 0.3) is 0 Å². The molecule has 2 atom stereocenters. The molecule has 1 aliphatic heterocycles. The molecular weight excluding hydrogens is 360 g/mol. The van der Waals surface area contributed by atoms with Gasteiger partial charge in [0.1, 0.15) is 0 Å². The predicted octanol–water partition coefficient (Wildman–Crippen LogP) is 2.94. The summed E-state index contributed by atoms with van der Waals surface area (Å²) in [5.74, 6) is 0.890. The zero-order valence-corrected chi connectivity index (χ0v) is 18.2. The maximum absolute atomic E-state index is 4.79. The SMILES string of the molecule is CN=C(NCC(C)N1CCc2ccccc21)NC1CCc2cn(C(C)C)nc2C1. The third-order valence-corrected chi connectivity index (χ3v) is 6.21. The lowest BCUT2D eigenvalue weighted by Gasteiger charge is -2.29. The largest absolute Gasteiger partial charge is 0.366 e. The summed E-state index contributed by atoms with van der Waals surface area (Å²) in [6, 6.07) is 9.96. The number of guanidine groups is 1. The average molecular weight is 395 g/mol. The number of rotatable bonds is 5. The van der Waals surface area contributed by atoms with Gasteiger partial charge in [-0.05, 0) is 57.2 Å². The molecule has 2 aliphatic rings. The fraction of sp³-hybridized carbons (Fsp3) is 0.565. The number of nitrogens with one attached hydrogen (secondary N) is 2. The summed E-state index contributed by atoms with van der Waals surface area (Å²) in [5, 5.41) is 12.0. The lowest BCUT2D eigenvalue weighted by molar-refractivity contribution is 0.498. The van der Waals surface area contributed by atoms with E-state index in [1.807, 2.05) is 7.05 Å². The van der Waals surface area contributed by atoms with Gasteiger partial charge in [-0.2, -0.15) is 5.10 Å². The van der Waals surface area contributed by atoms with Crippen LogP contribution in [0.4, 0.5) is 5.69 Å². The van der Waals surface area contributed by atoms with Crippen molar-refractivity contribution in [3.8, 4) is 0 Å². The average Bonchev–Trinajstić information content (AvgIpc) is 3.34. The van der Waals surface area contributed by atoms with Crippen LogP contribution in [-0.4, -0.2) is 48.0 Å². The molecule has 0 saturated carbocycles. The van der Waals surface area contributed by atoms with Crippen molar-refractivity contribution in [2.45, 2.75) is 64.6 Å². The fourth-order valence-corrected chi connectivity index (χ4v) is 4.46. The molecule has 0 saturated heterocycles. The van der Waals surface area contributed by atoms with Gasteiger partial charge >= 0.3 is 0 Å². The summed E-state index contributed by atoms with van der Waals surface area (Å²) < 4.78 is 2.09. The second-order valence-electron chi connectivity index (χ2n) is 8.63. The van der Waals surface area contributed by atoms with E-state index in [0.29, 0.717) is 18.1 Å². The summed E-state index contributed by atoms with van der Waals surface area (Å²) >= 11 is 0. The number of aromatic nitrogens is 2. The van der Waals surface area contributed by atoms with E-state index >= 15 is 0 Å². The van der Waals surface area contributed by atoms with E-state index < -0.39 is 0 Å². The van der Waals surface area contributed by atoms with Crippen LogP contribution in [0.15, 0.2) is 35.5 Å². The normalized spacial score (nSPS) is 19.8. The predicted molar refractivity (Wildman–Crippen MR) is 120 cm³/mol. The lowest BCUT2D eigenvalue weighted by atomic mass is 9.94. The van der Waals surface area contributed by atoms with Crippen LogP contribution in [0.2, 0.25) is 0 Å². The van der Waals surface area contributed by atoms with Crippen LogP contribution in [0.5, 0.6) is 0 Å². The van der Waals surface area contributed by atoms with Gasteiger partial charge in [0.15, 0.2) is 5.96 Å². The molecule has 0 bridgehead atoms. The Morgan fingerprint density at radius 2 is 2.03 bits per heavy atom. The van der Waals surface area contributed by atoms with Gasteiger partial charge in [0.25, 0.3) is 0 Å². The van der Waals surface area contributed by atoms with E-state index in [-0.39, 0.29) is 0 Å². The lowest BCUT2D eigenvalue weighted by Crippen LogP contribution is -2.49. The van der Waals surface area contributed by atoms with Gasteiger partial charge in [-0.15, -0.1) is 0 Å². The van der Waals surface area contributed by atoms with Gasteiger partial charge < -0.3 is 15.5 Å². The van der Waals surface area contributed by atoms with Crippen LogP contribution < -0.4 is 15.5 Å². The van der Waals surface area contributed by atoms with Gasteiger partial charge in [0.05, 0.1) is 5.69 Å². The molecule has 1 aromatic carbocycles. The molecule has 0 amide bonds. The van der Waals surface area contributed by atoms with Crippen LogP contribution in [0, 0.1) is 0 Å². The first-order valence-electron chi connectivity index (χ1n) is 10.9. The smallest absolute Gasteiger partial charge is 0.191 e. The van der Waals surface area contributed by atoms with Crippen molar-refractivity contribution in [3.05, 3.63) is 47.3 Å². The van der Waals surface area contributed by atoms with Crippen molar-refractivity contribution >= 4 is 11.6 Å². The molecule has 2 unspecified atom stereocenters. The minimum atomic E-state index is 0.382. The van der Waals surface area contributed by atoms with Crippen molar-refractivity contribution in [2.24, 2.45) is 4.99 Å². The number of anilines is 1. The minimum absolute atomic E-state index is 0.382. The molecule has 6 heteroatoms. The maximum Gasteiger partial charge on any atom is 0.191 e. The Kier molecular flexibility index (Phi) is 5.79. The molecule has 1 aromatic heterocycles. The number of aryl methyl sites for hydroxylation is 1. The molecule has 2 N–H and O–H groups in total. The van der Waals surface area contributed by atoms with Crippen LogP contribution in [0.3, 0.4) is 0 Å². The van der Waals surface area contributed by atoms with Crippen LogP contribution in [0.1, 0.15) is 50.1 Å². The zero-order valence-electron chi connectivity index (χ0n) is 18.2. The highest BCUT2D eigenvalue weighted by atomic mass is 15.3. The molecule has 4 rings (SSSR count). The summed E-state index contributed by atoms with van der Waals surface area (Å²) in [4.78, 5) is 6.97. The van der Waals surface area contributed by atoms with Crippen molar-refractivity contribution in [3.63, 3.8) is 0 Å². The van der Waals surface area contributed by atoms with Crippen molar-refractivity contribution in [1.29, 1.82) is 0 Å². The van der Waals surface area contributed by atoms with Crippen molar-refractivity contribution < 1.29 is 0 Å². The van der Waals surface area contributed by atoms with E-state index in [1.165, 1.54) is 22.5 Å². The standard InChI is InChI=1S/C23H34N6/c1-16(2)29-15-19-9-10-20(13-21(19)27-29)26-23(24-4)25-14-17(3)28-12-11-18-7-5-6-8-22(18)28/h5-8,15-17,20H,9-14H2,1-4H3,(H2,24,25,26). The Labute approximate surface area is 174 Å². The quantitative estimate of drug-likeness (QED) is 0.605. The van der Waals surface area contributed by atoms with Gasteiger partial charge in [-0.3, -0.25) is 9.67 Å². The molecule has 1 aliphatic carbocycles. The first kappa shape index (κ1) is 19.8. The van der Waals surface area contributed by atoms with E-state index in [4.69, 9.17) is 5.10 Å². The molecule has 2 aromatic rings. The first-order valence-corrected chi connectivity index (χ1v) is 10.9. The summed E-state index contributed by atoms with van der Waals surface area (Å²) in [7, 11) is 1.85. The molecule has 0 fully saturated rings. The number of para-hydroxylation sites is 1. The van der Waals surface area contributed by atoms with Crippen molar-refractivity contribution in [1.82, 2.24) is 20.4 Å². The van der Waals surface area contributed by atoms with E-state index in [1.54, 1.807) is 0 Å². The Hall–Kier alpha value is -2.50. The number of hydrogen-bond acceptors (Lipinski definition) is 3. The van der Waals surface area contributed by atoms with E-state index in [2.05, 4.69) is 76.4 Å². The number of nitrogens with zero attached hydrogens (tertiary/aromatic N) is 4. The minimum Gasteiger partial charge on any atom is -0.366 e. The van der Waals surface area contributed by atoms with Gasteiger partial charge in [0.2, 0.25) is 0 Å². The molecule has 29 heavy (non-hydrogen) atoms. The fourth-order valence-electron chi connectivity index (χ4n) is 4.46. The maximum atomic E-state index is 4.79. The number of fused-ring (bicyclic) bond motifs is 2. The van der Waals surface area contributed by atoms with Gasteiger partial charge in [0, 0.05) is 56.6 Å². The Bertz CT molecular complexity index is 868. The molecule has 156 valence electrons. The second-order valence-corrected chi connectivity index (χ2v) is 8.63. The molecule has 0 spiro atoms. The Morgan fingerprint density at radius 1 is 1.21 bits per heavy atom. The van der Waals surface area contributed by atoms with Crippen LogP contribution in [-0.2, 0) is 19.3 Å². The number of aliphatic imine (C=N–C) groups is 1. The van der Waals surface area contributed by atoms with Gasteiger partial charge in [-0.25, -0.2) is 0 Å².